The molecule has 5 nitrogen and oxygen atoms in total. The Kier molecular flexibility index (Phi) is 1.32. The van der Waals surface area contributed by atoms with Gasteiger partial charge in [0.1, 0.15) is 6.02 Å². The van der Waals surface area contributed by atoms with Crippen LogP contribution in [0, 0.1) is 0 Å². The fourth-order valence-corrected chi connectivity index (χ4v) is 0.640. The highest BCUT2D eigenvalue weighted by Gasteiger charge is 2.12. The van der Waals surface area contributed by atoms with Gasteiger partial charge in [-0.2, -0.15) is 0 Å². The van der Waals surface area contributed by atoms with Gasteiger partial charge in [-0.3, -0.25) is 4.79 Å². The number of hydrogen-bond acceptors (Lipinski definition) is 4. The molecule has 5 N–H and O–H groups in total. The lowest BCUT2D eigenvalue weighted by Gasteiger charge is -2.06. The molecule has 1 aromatic carbocycles. The Balaban J connectivity index is 3.76. The van der Waals surface area contributed by atoms with Crippen LogP contribution in [-0.4, -0.2) is 27.3 Å². The third kappa shape index (κ3) is 2.37. The van der Waals surface area contributed by atoms with E-state index in [-0.39, 0.29) is 0 Å². The summed E-state index contributed by atoms with van der Waals surface area (Å²) in [5.41, 5.74) is 4.01. The molecule has 0 bridgehead atoms. The van der Waals surface area contributed by atoms with Gasteiger partial charge in [-0.05, 0) is 24.0 Å². The first-order chi connectivity index (χ1) is 8.87. The summed E-state index contributed by atoms with van der Waals surface area (Å²) in [6.07, 6.45) is -3.26. The molecular formula is C9H11NO4. The van der Waals surface area contributed by atoms with Gasteiger partial charge in [0.2, 0.25) is 0 Å². The molecule has 0 saturated carbocycles. The van der Waals surface area contributed by atoms with Gasteiger partial charge >= 0.3 is 5.97 Å². The molecule has 0 aromatic heterocycles. The highest BCUT2D eigenvalue weighted by molar-refractivity contribution is 5.73. The molecule has 0 fully saturated rings. The molecule has 1 atom stereocenters. The van der Waals surface area contributed by atoms with Crippen LogP contribution >= 0.6 is 0 Å². The highest BCUT2D eigenvalue weighted by Crippen LogP contribution is 2.25. The predicted octanol–water partition coefficient (Wildman–Crippen LogP) is 0.0522. The summed E-state index contributed by atoms with van der Waals surface area (Å²) in [5, 5.41) is 27.5. The number of carbonyl (C=O) groups is 1. The van der Waals surface area contributed by atoms with Crippen molar-refractivity contribution in [2.75, 3.05) is 0 Å². The molecule has 0 aliphatic carbocycles. The van der Waals surface area contributed by atoms with E-state index in [1.54, 1.807) is 0 Å². The molecule has 0 aliphatic heterocycles. The van der Waals surface area contributed by atoms with E-state index in [9.17, 15) is 15.0 Å². The first kappa shape index (κ1) is 4.65. The topological polar surface area (TPSA) is 104 Å². The summed E-state index contributed by atoms with van der Waals surface area (Å²) in [6.45, 7) is 0. The van der Waals surface area contributed by atoms with Crippen molar-refractivity contribution in [3.63, 3.8) is 0 Å². The minimum Gasteiger partial charge on any atom is -0.504 e. The molecule has 76 valence electrons. The normalized spacial score (nSPS) is 21.8. The third-order valence-electron chi connectivity index (χ3n) is 1.26. The van der Waals surface area contributed by atoms with Crippen LogP contribution in [0.1, 0.15) is 13.8 Å². The Bertz CT molecular complexity index is 559. The standard InChI is InChI=1S/C9H11NO4/c10-6(9(13)14)3-5-1-2-7(11)8(12)4-5/h1-2,4,6,11-12H,3,10H2,(H,13,14)/t6-/m0/s1/i1D,2D,3D2,4D,6D. The van der Waals surface area contributed by atoms with E-state index in [0.717, 1.165) is 0 Å². The van der Waals surface area contributed by atoms with Gasteiger partial charge in [0.25, 0.3) is 0 Å². The Morgan fingerprint density at radius 2 is 2.29 bits per heavy atom. The molecule has 0 spiro atoms. The molecule has 0 heterocycles. The molecule has 0 saturated heterocycles. The average Bonchev–Trinajstić information content (AvgIpc) is 2.33. The molecule has 0 aliphatic rings. The SMILES string of the molecule is [2H]c1c([2H])c(C([2H])([2H])[C@]([2H])(N)C(=O)O)c([2H])c(O)c1O. The Morgan fingerprint density at radius 1 is 1.64 bits per heavy atom. The van der Waals surface area contributed by atoms with E-state index in [1.807, 2.05) is 0 Å². The number of phenols is 2. The van der Waals surface area contributed by atoms with Crippen LogP contribution in [0.25, 0.3) is 0 Å². The Morgan fingerprint density at radius 3 is 2.86 bits per heavy atom. The number of rotatable bonds is 3. The van der Waals surface area contributed by atoms with E-state index in [4.69, 9.17) is 19.1 Å². The van der Waals surface area contributed by atoms with Crippen molar-refractivity contribution in [3.05, 3.63) is 23.7 Å². The van der Waals surface area contributed by atoms with Gasteiger partial charge in [-0.25, -0.2) is 0 Å². The molecule has 14 heavy (non-hydrogen) atoms. The summed E-state index contributed by atoms with van der Waals surface area (Å²) in [6, 6.07) is -6.39. The van der Waals surface area contributed by atoms with E-state index < -0.39 is 53.5 Å². The fourth-order valence-electron chi connectivity index (χ4n) is 0.640. The minimum atomic E-state index is -3.26. The molecule has 0 amide bonds. The van der Waals surface area contributed by atoms with Gasteiger partial charge < -0.3 is 21.1 Å². The van der Waals surface area contributed by atoms with Gasteiger partial charge in [0.15, 0.2) is 11.5 Å². The second-order valence-corrected chi connectivity index (χ2v) is 2.29. The molecular weight excluding hydrogens is 186 g/mol. The van der Waals surface area contributed by atoms with Crippen LogP contribution in [-0.2, 0) is 11.2 Å². The Hall–Kier alpha value is -1.75. The Labute approximate surface area is 88.8 Å². The number of aliphatic carboxylic acids is 1. The van der Waals surface area contributed by atoms with Crippen LogP contribution in [0.4, 0.5) is 0 Å². The van der Waals surface area contributed by atoms with Crippen molar-refractivity contribution in [2.24, 2.45) is 5.73 Å². The lowest BCUT2D eigenvalue weighted by molar-refractivity contribution is -0.138. The van der Waals surface area contributed by atoms with Crippen molar-refractivity contribution in [3.8, 4) is 11.5 Å². The maximum absolute atomic E-state index is 10.9. The summed E-state index contributed by atoms with van der Waals surface area (Å²) in [4.78, 5) is 10.9. The highest BCUT2D eigenvalue weighted by atomic mass is 16.4. The predicted molar refractivity (Wildman–Crippen MR) is 49.1 cm³/mol. The zero-order chi connectivity index (χ0) is 16.0. The van der Waals surface area contributed by atoms with Gasteiger partial charge in [0, 0.05) is 2.74 Å². The molecule has 1 rings (SSSR count). The quantitative estimate of drug-likeness (QED) is 0.520. The van der Waals surface area contributed by atoms with Gasteiger partial charge in [-0.15, -0.1) is 0 Å². The summed E-state index contributed by atoms with van der Waals surface area (Å²) in [7, 11) is 0. The van der Waals surface area contributed by atoms with Crippen molar-refractivity contribution in [1.29, 1.82) is 0 Å². The first-order valence-electron chi connectivity index (χ1n) is 6.41. The van der Waals surface area contributed by atoms with Gasteiger partial charge in [-0.1, -0.05) is 6.04 Å². The van der Waals surface area contributed by atoms with Crippen molar-refractivity contribution in [1.82, 2.24) is 0 Å². The lowest BCUT2D eigenvalue weighted by atomic mass is 10.1. The van der Waals surface area contributed by atoms with Crippen molar-refractivity contribution in [2.45, 2.75) is 12.4 Å². The fraction of sp³-hybridized carbons (Fsp3) is 0.222. The van der Waals surface area contributed by atoms with Crippen molar-refractivity contribution < 1.29 is 28.3 Å². The number of carboxylic acids is 1. The molecule has 0 radical (unpaired) electrons. The smallest absolute Gasteiger partial charge is 0.320 e. The summed E-state index contributed by atoms with van der Waals surface area (Å²) < 4.78 is 44.8. The van der Waals surface area contributed by atoms with E-state index in [1.165, 1.54) is 0 Å². The van der Waals surface area contributed by atoms with E-state index in [2.05, 4.69) is 0 Å². The summed E-state index contributed by atoms with van der Waals surface area (Å²) >= 11 is 0. The van der Waals surface area contributed by atoms with Crippen LogP contribution in [0.15, 0.2) is 18.1 Å². The number of nitrogens with two attached hydrogens (primary N) is 1. The number of aromatic hydroxyl groups is 2. The van der Waals surface area contributed by atoms with E-state index >= 15 is 0 Å². The molecule has 5 heteroatoms. The minimum absolute atomic E-state index is 1.00. The largest absolute Gasteiger partial charge is 0.504 e. The molecule has 1 aromatic rings. The molecule has 0 unspecified atom stereocenters. The number of carboxylic acid groups (broad SMARTS) is 1. The second kappa shape index (κ2) is 3.97. The van der Waals surface area contributed by atoms with Crippen LogP contribution < -0.4 is 5.73 Å². The van der Waals surface area contributed by atoms with Gasteiger partial charge in [0.05, 0.1) is 5.48 Å². The maximum Gasteiger partial charge on any atom is 0.320 e. The lowest BCUT2D eigenvalue weighted by Crippen LogP contribution is -2.32. The average molecular weight is 203 g/mol. The van der Waals surface area contributed by atoms with Crippen LogP contribution in [0.3, 0.4) is 0 Å². The van der Waals surface area contributed by atoms with E-state index in [0.29, 0.717) is 0 Å². The third-order valence-corrected chi connectivity index (χ3v) is 1.26. The van der Waals surface area contributed by atoms with Crippen LogP contribution in [0.2, 0.25) is 0 Å². The van der Waals surface area contributed by atoms with Crippen molar-refractivity contribution >= 4 is 5.97 Å². The first-order valence-corrected chi connectivity index (χ1v) is 3.41. The maximum atomic E-state index is 10.9. The van der Waals surface area contributed by atoms with Crippen LogP contribution in [0.5, 0.6) is 11.5 Å². The second-order valence-electron chi connectivity index (χ2n) is 2.29. The number of phenolic OH excluding ortho intramolecular Hbond substituents is 2. The monoisotopic (exact) mass is 203 g/mol. The zero-order valence-electron chi connectivity index (χ0n) is 12.8. The summed E-state index contributed by atoms with van der Waals surface area (Å²) in [5.74, 6) is -4.35. The zero-order valence-corrected chi connectivity index (χ0v) is 6.83. The number of benzene rings is 1. The number of hydrogen-bond donors (Lipinski definition) is 4.